The third-order valence-electron chi connectivity index (χ3n) is 3.46. The predicted octanol–water partition coefficient (Wildman–Crippen LogP) is 2.47. The van der Waals surface area contributed by atoms with Crippen LogP contribution >= 0.6 is 0 Å². The molecule has 1 aromatic rings. The zero-order valence-electron chi connectivity index (χ0n) is 11.1. The first kappa shape index (κ1) is 14.2. The van der Waals surface area contributed by atoms with Crippen LogP contribution < -0.4 is 10.1 Å². The smallest absolute Gasteiger partial charge is 0.387 e. The Morgan fingerprint density at radius 2 is 1.89 bits per heavy atom. The standard InChI is InChI=1S/C14H20F2N2O/c1-18-8-6-12(7-9-18)17-10-11-2-4-13(5-3-11)19-14(15)16/h2-5,12,14,17H,6-10H2,1H3. The number of nitrogens with one attached hydrogen (secondary N) is 1. The van der Waals surface area contributed by atoms with Crippen molar-refractivity contribution in [1.82, 2.24) is 10.2 Å². The van der Waals surface area contributed by atoms with Crippen LogP contribution in [0.15, 0.2) is 24.3 Å². The molecule has 0 spiro atoms. The van der Waals surface area contributed by atoms with E-state index in [0.29, 0.717) is 6.04 Å². The summed E-state index contributed by atoms with van der Waals surface area (Å²) in [4.78, 5) is 2.33. The minimum atomic E-state index is -2.76. The molecule has 3 nitrogen and oxygen atoms in total. The van der Waals surface area contributed by atoms with Gasteiger partial charge in [0.25, 0.3) is 0 Å². The van der Waals surface area contributed by atoms with Gasteiger partial charge in [0.05, 0.1) is 0 Å². The van der Waals surface area contributed by atoms with Crippen LogP contribution in [0.3, 0.4) is 0 Å². The first-order valence-electron chi connectivity index (χ1n) is 6.59. The Morgan fingerprint density at radius 1 is 1.26 bits per heavy atom. The van der Waals surface area contributed by atoms with E-state index in [-0.39, 0.29) is 5.75 Å². The fraction of sp³-hybridized carbons (Fsp3) is 0.571. The third kappa shape index (κ3) is 4.76. The first-order chi connectivity index (χ1) is 9.13. The van der Waals surface area contributed by atoms with Crippen LogP contribution in [0, 0.1) is 0 Å². The molecule has 2 rings (SSSR count). The van der Waals surface area contributed by atoms with Gasteiger partial charge in [0, 0.05) is 12.6 Å². The number of alkyl halides is 2. The Labute approximate surface area is 112 Å². The molecule has 0 aromatic heterocycles. The molecule has 1 heterocycles. The molecule has 106 valence electrons. The minimum Gasteiger partial charge on any atom is -0.435 e. The van der Waals surface area contributed by atoms with Crippen LogP contribution in [0.25, 0.3) is 0 Å². The number of ether oxygens (including phenoxy) is 1. The maximum atomic E-state index is 12.0. The molecule has 0 unspecified atom stereocenters. The summed E-state index contributed by atoms with van der Waals surface area (Å²) in [5.41, 5.74) is 1.08. The molecule has 1 fully saturated rings. The molecule has 0 atom stereocenters. The van der Waals surface area contributed by atoms with Gasteiger partial charge in [0.1, 0.15) is 5.75 Å². The van der Waals surface area contributed by atoms with Gasteiger partial charge < -0.3 is 15.0 Å². The number of rotatable bonds is 5. The van der Waals surface area contributed by atoms with Crippen LogP contribution in [0.2, 0.25) is 0 Å². The van der Waals surface area contributed by atoms with E-state index in [2.05, 4.69) is 22.0 Å². The first-order valence-corrected chi connectivity index (χ1v) is 6.59. The molecule has 5 heteroatoms. The average Bonchev–Trinajstić information content (AvgIpc) is 2.39. The second-order valence-electron chi connectivity index (χ2n) is 4.98. The number of benzene rings is 1. The highest BCUT2D eigenvalue weighted by Crippen LogP contribution is 2.15. The summed E-state index contributed by atoms with van der Waals surface area (Å²) in [7, 11) is 2.14. The van der Waals surface area contributed by atoms with Crippen molar-refractivity contribution in [2.75, 3.05) is 20.1 Å². The molecule has 1 aliphatic rings. The molecular weight excluding hydrogens is 250 g/mol. The van der Waals surface area contributed by atoms with Crippen LogP contribution in [-0.4, -0.2) is 37.7 Å². The van der Waals surface area contributed by atoms with E-state index in [4.69, 9.17) is 0 Å². The van der Waals surface area contributed by atoms with Crippen LogP contribution in [0.4, 0.5) is 8.78 Å². The summed E-state index contributed by atoms with van der Waals surface area (Å²) in [5, 5.41) is 3.50. The maximum absolute atomic E-state index is 12.0. The SMILES string of the molecule is CN1CCC(NCc2ccc(OC(F)F)cc2)CC1. The predicted molar refractivity (Wildman–Crippen MR) is 70.4 cm³/mol. The van der Waals surface area contributed by atoms with Crippen LogP contribution in [-0.2, 0) is 6.54 Å². The number of hydrogen-bond donors (Lipinski definition) is 1. The van der Waals surface area contributed by atoms with E-state index in [0.717, 1.165) is 38.0 Å². The lowest BCUT2D eigenvalue weighted by Gasteiger charge is -2.29. The van der Waals surface area contributed by atoms with E-state index in [9.17, 15) is 8.78 Å². The summed E-state index contributed by atoms with van der Waals surface area (Å²) in [5.74, 6) is 0.207. The Bertz CT molecular complexity index is 376. The normalized spacial score (nSPS) is 17.9. The Balaban J connectivity index is 1.76. The number of hydrogen-bond acceptors (Lipinski definition) is 3. The summed E-state index contributed by atoms with van der Waals surface area (Å²) in [6, 6.07) is 7.35. The highest BCUT2D eigenvalue weighted by Gasteiger charge is 2.15. The largest absolute Gasteiger partial charge is 0.435 e. The third-order valence-corrected chi connectivity index (χ3v) is 3.46. The van der Waals surface area contributed by atoms with Gasteiger partial charge in [0.15, 0.2) is 0 Å². The monoisotopic (exact) mass is 270 g/mol. The topological polar surface area (TPSA) is 24.5 Å². The molecule has 1 aromatic carbocycles. The molecule has 0 aliphatic carbocycles. The van der Waals surface area contributed by atoms with Gasteiger partial charge in [-0.1, -0.05) is 12.1 Å². The van der Waals surface area contributed by atoms with Crippen LogP contribution in [0.1, 0.15) is 18.4 Å². The molecule has 0 bridgehead atoms. The number of piperidine rings is 1. The quantitative estimate of drug-likeness (QED) is 0.889. The van der Waals surface area contributed by atoms with Gasteiger partial charge >= 0.3 is 6.61 Å². The summed E-state index contributed by atoms with van der Waals surface area (Å²) in [6.07, 6.45) is 2.31. The molecule has 1 aliphatic heterocycles. The number of halogens is 2. The highest BCUT2D eigenvalue weighted by atomic mass is 19.3. The van der Waals surface area contributed by atoms with Crippen LogP contribution in [0.5, 0.6) is 5.75 Å². The fourth-order valence-electron chi connectivity index (χ4n) is 2.26. The lowest BCUT2D eigenvalue weighted by atomic mass is 10.1. The number of nitrogens with zero attached hydrogens (tertiary/aromatic N) is 1. The molecule has 1 saturated heterocycles. The van der Waals surface area contributed by atoms with Crippen molar-refractivity contribution in [3.63, 3.8) is 0 Å². The molecule has 0 saturated carbocycles. The molecule has 19 heavy (non-hydrogen) atoms. The Morgan fingerprint density at radius 3 is 2.47 bits per heavy atom. The summed E-state index contributed by atoms with van der Waals surface area (Å²) < 4.78 is 28.3. The zero-order chi connectivity index (χ0) is 13.7. The Hall–Kier alpha value is -1.20. The van der Waals surface area contributed by atoms with Crippen molar-refractivity contribution in [3.8, 4) is 5.75 Å². The minimum absolute atomic E-state index is 0.207. The zero-order valence-corrected chi connectivity index (χ0v) is 11.1. The van der Waals surface area contributed by atoms with Crippen molar-refractivity contribution in [2.24, 2.45) is 0 Å². The Kier molecular flexibility index (Phi) is 5.10. The van der Waals surface area contributed by atoms with E-state index in [1.54, 1.807) is 12.1 Å². The lowest BCUT2D eigenvalue weighted by molar-refractivity contribution is -0.0498. The molecule has 1 N–H and O–H groups in total. The average molecular weight is 270 g/mol. The fourth-order valence-corrected chi connectivity index (χ4v) is 2.26. The van der Waals surface area contributed by atoms with E-state index in [1.807, 2.05) is 12.1 Å². The van der Waals surface area contributed by atoms with Crippen molar-refractivity contribution in [2.45, 2.75) is 32.0 Å². The molecule has 0 radical (unpaired) electrons. The maximum Gasteiger partial charge on any atom is 0.387 e. The van der Waals surface area contributed by atoms with E-state index >= 15 is 0 Å². The van der Waals surface area contributed by atoms with Crippen molar-refractivity contribution >= 4 is 0 Å². The van der Waals surface area contributed by atoms with Gasteiger partial charge in [-0.05, 0) is 50.7 Å². The van der Waals surface area contributed by atoms with Gasteiger partial charge in [-0.3, -0.25) is 0 Å². The van der Waals surface area contributed by atoms with Gasteiger partial charge in [-0.15, -0.1) is 0 Å². The second kappa shape index (κ2) is 6.82. The van der Waals surface area contributed by atoms with Gasteiger partial charge in [0.2, 0.25) is 0 Å². The van der Waals surface area contributed by atoms with Gasteiger partial charge in [-0.2, -0.15) is 8.78 Å². The van der Waals surface area contributed by atoms with Crippen molar-refractivity contribution in [1.29, 1.82) is 0 Å². The molecule has 0 amide bonds. The highest BCUT2D eigenvalue weighted by molar-refractivity contribution is 5.27. The van der Waals surface area contributed by atoms with Crippen molar-refractivity contribution in [3.05, 3.63) is 29.8 Å². The number of likely N-dealkylation sites (tertiary alicyclic amines) is 1. The lowest BCUT2D eigenvalue weighted by Crippen LogP contribution is -2.40. The summed E-state index contributed by atoms with van der Waals surface area (Å²) >= 11 is 0. The van der Waals surface area contributed by atoms with E-state index < -0.39 is 6.61 Å². The van der Waals surface area contributed by atoms with Crippen molar-refractivity contribution < 1.29 is 13.5 Å². The molecular formula is C14H20F2N2O. The van der Waals surface area contributed by atoms with Gasteiger partial charge in [-0.25, -0.2) is 0 Å². The summed E-state index contributed by atoms with van der Waals surface area (Å²) in [6.45, 7) is 0.254. The second-order valence-corrected chi connectivity index (χ2v) is 4.98. The van der Waals surface area contributed by atoms with E-state index in [1.165, 1.54) is 0 Å².